The molecule has 1 saturated heterocycles. The maximum Gasteiger partial charge on any atom is 0.275 e. The summed E-state index contributed by atoms with van der Waals surface area (Å²) in [5.41, 5.74) is 1.01. The van der Waals surface area contributed by atoms with Crippen molar-refractivity contribution < 1.29 is 14.3 Å². The van der Waals surface area contributed by atoms with Gasteiger partial charge in [0.2, 0.25) is 0 Å². The van der Waals surface area contributed by atoms with Crippen molar-refractivity contribution in [3.05, 3.63) is 64.1 Å². The average molecular weight is 391 g/mol. The SMILES string of the molecule is O=C(c1n[nH]c(=O)c2ccccc12)N1CCCC1c1ccc2c(c1)OCCCO2. The molecule has 2 aliphatic heterocycles. The largest absolute Gasteiger partial charge is 0.490 e. The van der Waals surface area contributed by atoms with Crippen LogP contribution in [-0.4, -0.2) is 40.8 Å². The van der Waals surface area contributed by atoms with Crippen molar-refractivity contribution in [2.75, 3.05) is 19.8 Å². The molecular weight excluding hydrogens is 370 g/mol. The smallest absolute Gasteiger partial charge is 0.275 e. The minimum Gasteiger partial charge on any atom is -0.490 e. The molecule has 3 heterocycles. The van der Waals surface area contributed by atoms with Crippen molar-refractivity contribution in [3.8, 4) is 11.5 Å². The quantitative estimate of drug-likeness (QED) is 0.726. The van der Waals surface area contributed by atoms with Gasteiger partial charge in [0.05, 0.1) is 24.6 Å². The number of ether oxygens (including phenoxy) is 2. The van der Waals surface area contributed by atoms with E-state index >= 15 is 0 Å². The van der Waals surface area contributed by atoms with E-state index in [1.165, 1.54) is 0 Å². The topological polar surface area (TPSA) is 84.5 Å². The number of amides is 1. The molecule has 1 aromatic heterocycles. The fraction of sp³-hybridized carbons (Fsp3) is 0.318. The van der Waals surface area contributed by atoms with E-state index in [9.17, 15) is 9.59 Å². The van der Waals surface area contributed by atoms with E-state index in [0.717, 1.165) is 36.3 Å². The third-order valence-corrected chi connectivity index (χ3v) is 5.57. The second-order valence-electron chi connectivity index (χ2n) is 7.36. The van der Waals surface area contributed by atoms with E-state index in [1.54, 1.807) is 18.2 Å². The molecule has 1 atom stereocenters. The first-order chi connectivity index (χ1) is 14.2. The lowest BCUT2D eigenvalue weighted by Gasteiger charge is -2.25. The molecule has 1 amide bonds. The summed E-state index contributed by atoms with van der Waals surface area (Å²) in [6.45, 7) is 1.91. The van der Waals surface area contributed by atoms with Crippen molar-refractivity contribution in [2.45, 2.75) is 25.3 Å². The predicted octanol–water partition coefficient (Wildman–Crippen LogP) is 3.06. The van der Waals surface area contributed by atoms with Crippen LogP contribution < -0.4 is 15.0 Å². The van der Waals surface area contributed by atoms with Crippen molar-refractivity contribution >= 4 is 16.7 Å². The van der Waals surface area contributed by atoms with Gasteiger partial charge in [-0.3, -0.25) is 9.59 Å². The first-order valence-corrected chi connectivity index (χ1v) is 9.90. The number of rotatable bonds is 2. The van der Waals surface area contributed by atoms with Gasteiger partial charge in [0.25, 0.3) is 11.5 Å². The van der Waals surface area contributed by atoms with E-state index < -0.39 is 0 Å². The minimum absolute atomic E-state index is 0.0628. The molecular formula is C22H21N3O4. The molecule has 0 aliphatic carbocycles. The van der Waals surface area contributed by atoms with Gasteiger partial charge >= 0.3 is 0 Å². The van der Waals surface area contributed by atoms with Crippen molar-refractivity contribution in [3.63, 3.8) is 0 Å². The van der Waals surface area contributed by atoms with Crippen LogP contribution in [0.15, 0.2) is 47.3 Å². The van der Waals surface area contributed by atoms with Crippen LogP contribution in [0, 0.1) is 0 Å². The van der Waals surface area contributed by atoms with E-state index in [4.69, 9.17) is 9.47 Å². The zero-order valence-electron chi connectivity index (χ0n) is 15.9. The number of likely N-dealkylation sites (tertiary alicyclic amines) is 1. The molecule has 0 radical (unpaired) electrons. The van der Waals surface area contributed by atoms with Crippen LogP contribution in [0.2, 0.25) is 0 Å². The molecule has 29 heavy (non-hydrogen) atoms. The summed E-state index contributed by atoms with van der Waals surface area (Å²) in [4.78, 5) is 27.3. The maximum atomic E-state index is 13.4. The monoisotopic (exact) mass is 391 g/mol. The summed E-state index contributed by atoms with van der Waals surface area (Å²) in [6.07, 6.45) is 2.63. The fourth-order valence-corrected chi connectivity index (χ4v) is 4.16. The fourth-order valence-electron chi connectivity index (χ4n) is 4.16. The number of benzene rings is 2. The van der Waals surface area contributed by atoms with Crippen molar-refractivity contribution in [2.24, 2.45) is 0 Å². The highest BCUT2D eigenvalue weighted by Crippen LogP contribution is 2.38. The molecule has 0 spiro atoms. The first kappa shape index (κ1) is 17.7. The van der Waals surface area contributed by atoms with E-state index in [-0.39, 0.29) is 23.2 Å². The van der Waals surface area contributed by atoms with E-state index in [2.05, 4.69) is 10.2 Å². The standard InChI is InChI=1S/C22H21N3O4/c26-21-16-6-2-1-5-15(16)20(23-24-21)22(27)25-10-3-7-17(25)14-8-9-18-19(13-14)29-12-4-11-28-18/h1-2,5-6,8-9,13,17H,3-4,7,10-12H2,(H,24,26). The minimum atomic E-state index is -0.293. The van der Waals surface area contributed by atoms with Crippen molar-refractivity contribution in [1.29, 1.82) is 0 Å². The zero-order chi connectivity index (χ0) is 19.8. The third kappa shape index (κ3) is 3.12. The molecule has 7 heteroatoms. The molecule has 148 valence electrons. The van der Waals surface area contributed by atoms with Crippen LogP contribution >= 0.6 is 0 Å². The van der Waals surface area contributed by atoms with Crippen LogP contribution in [0.4, 0.5) is 0 Å². The number of hydrogen-bond acceptors (Lipinski definition) is 5. The maximum absolute atomic E-state index is 13.4. The zero-order valence-corrected chi connectivity index (χ0v) is 15.9. The Morgan fingerprint density at radius 1 is 1.03 bits per heavy atom. The number of H-pyrrole nitrogens is 1. The number of nitrogens with one attached hydrogen (secondary N) is 1. The Morgan fingerprint density at radius 2 is 1.83 bits per heavy atom. The number of carbonyl (C=O) groups is 1. The van der Waals surface area contributed by atoms with Gasteiger partial charge in [0.1, 0.15) is 0 Å². The molecule has 1 fully saturated rings. The lowest BCUT2D eigenvalue weighted by atomic mass is 10.0. The summed E-state index contributed by atoms with van der Waals surface area (Å²) >= 11 is 0. The summed E-state index contributed by atoms with van der Waals surface area (Å²) in [5.74, 6) is 1.30. The second kappa shape index (κ2) is 7.24. The van der Waals surface area contributed by atoms with Crippen LogP contribution in [0.5, 0.6) is 11.5 Å². The number of hydrogen-bond donors (Lipinski definition) is 1. The molecule has 5 rings (SSSR count). The number of carbonyl (C=O) groups excluding carboxylic acids is 1. The van der Waals surface area contributed by atoms with Gasteiger partial charge < -0.3 is 14.4 Å². The van der Waals surface area contributed by atoms with Gasteiger partial charge in [-0.1, -0.05) is 24.3 Å². The van der Waals surface area contributed by atoms with Gasteiger partial charge in [-0.05, 0) is 36.6 Å². The lowest BCUT2D eigenvalue weighted by Crippen LogP contribution is -2.32. The molecule has 7 nitrogen and oxygen atoms in total. The normalized spacial score (nSPS) is 18.6. The molecule has 2 aliphatic rings. The van der Waals surface area contributed by atoms with E-state index in [0.29, 0.717) is 30.5 Å². The Kier molecular flexibility index (Phi) is 4.42. The Balaban J connectivity index is 1.50. The molecule has 0 saturated carbocycles. The number of nitrogens with zero attached hydrogens (tertiary/aromatic N) is 2. The predicted molar refractivity (Wildman–Crippen MR) is 107 cm³/mol. The lowest BCUT2D eigenvalue weighted by molar-refractivity contribution is 0.0730. The van der Waals surface area contributed by atoms with Gasteiger partial charge in [-0.15, -0.1) is 0 Å². The van der Waals surface area contributed by atoms with Gasteiger partial charge in [-0.2, -0.15) is 5.10 Å². The van der Waals surface area contributed by atoms with Gasteiger partial charge in [0, 0.05) is 18.4 Å². The van der Waals surface area contributed by atoms with Gasteiger partial charge in [-0.25, -0.2) is 5.10 Å². The summed E-state index contributed by atoms with van der Waals surface area (Å²) in [6, 6.07) is 12.9. The summed E-state index contributed by atoms with van der Waals surface area (Å²) < 4.78 is 11.5. The van der Waals surface area contributed by atoms with E-state index in [1.807, 2.05) is 29.2 Å². The number of aromatic nitrogens is 2. The Hall–Kier alpha value is -3.35. The highest BCUT2D eigenvalue weighted by molar-refractivity contribution is 6.05. The molecule has 1 N–H and O–H groups in total. The van der Waals surface area contributed by atoms with Gasteiger partial charge in [0.15, 0.2) is 17.2 Å². The molecule has 2 aromatic carbocycles. The Morgan fingerprint density at radius 3 is 2.69 bits per heavy atom. The van der Waals surface area contributed by atoms with Crippen LogP contribution in [0.3, 0.4) is 0 Å². The molecule has 1 unspecified atom stereocenters. The Bertz CT molecular complexity index is 1140. The summed E-state index contributed by atoms with van der Waals surface area (Å²) in [7, 11) is 0. The highest BCUT2D eigenvalue weighted by Gasteiger charge is 2.33. The van der Waals surface area contributed by atoms with Crippen LogP contribution in [-0.2, 0) is 0 Å². The third-order valence-electron chi connectivity index (χ3n) is 5.57. The first-order valence-electron chi connectivity index (χ1n) is 9.90. The average Bonchev–Trinajstić information content (AvgIpc) is 3.12. The van der Waals surface area contributed by atoms with Crippen LogP contribution in [0.25, 0.3) is 10.8 Å². The number of fused-ring (bicyclic) bond motifs is 2. The molecule has 0 bridgehead atoms. The summed E-state index contributed by atoms with van der Waals surface area (Å²) in [5, 5.41) is 7.59. The van der Waals surface area contributed by atoms with Crippen LogP contribution in [0.1, 0.15) is 41.4 Å². The highest BCUT2D eigenvalue weighted by atomic mass is 16.5. The second-order valence-corrected chi connectivity index (χ2v) is 7.36. The number of aromatic amines is 1. The van der Waals surface area contributed by atoms with Crippen molar-refractivity contribution in [1.82, 2.24) is 15.1 Å². The molecule has 3 aromatic rings. The Labute approximate surface area is 167 Å².